The van der Waals surface area contributed by atoms with E-state index in [9.17, 15) is 13.9 Å². The fourth-order valence-electron chi connectivity index (χ4n) is 2.65. The summed E-state index contributed by atoms with van der Waals surface area (Å²) in [6.07, 6.45) is 3.76. The molecule has 0 spiro atoms. The first kappa shape index (κ1) is 13.3. The Bertz CT molecular complexity index is 391. The first-order valence-electron chi connectivity index (χ1n) is 6.34. The summed E-state index contributed by atoms with van der Waals surface area (Å²) in [5.41, 5.74) is -0.220. The average Bonchev–Trinajstić information content (AvgIpc) is 2.38. The Kier molecular flexibility index (Phi) is 4.17. The highest BCUT2D eigenvalue weighted by atomic mass is 19.1. The van der Waals surface area contributed by atoms with Crippen molar-refractivity contribution in [1.82, 2.24) is 0 Å². The average molecular weight is 256 g/mol. The maximum Gasteiger partial charge on any atom is 0.135 e. The monoisotopic (exact) mass is 256 g/mol. The lowest BCUT2D eigenvalue weighted by Gasteiger charge is -2.27. The van der Waals surface area contributed by atoms with Gasteiger partial charge in [0.25, 0.3) is 0 Å². The molecule has 1 aliphatic carbocycles. The number of rotatable bonds is 3. The Hall–Kier alpha value is -1.16. The van der Waals surface area contributed by atoms with Crippen molar-refractivity contribution in [1.29, 1.82) is 0 Å². The minimum absolute atomic E-state index is 0.0452. The summed E-state index contributed by atoms with van der Waals surface area (Å²) in [7, 11) is 1.35. The molecule has 0 aliphatic heterocycles. The second-order valence-corrected chi connectivity index (χ2v) is 4.85. The predicted octanol–water partition coefficient (Wildman–Crippen LogP) is 3.59. The van der Waals surface area contributed by atoms with E-state index in [0.29, 0.717) is 0 Å². The molecule has 1 N–H and O–H groups in total. The van der Waals surface area contributed by atoms with Crippen LogP contribution in [-0.4, -0.2) is 12.2 Å². The number of ether oxygens (including phenoxy) is 1. The van der Waals surface area contributed by atoms with E-state index in [1.54, 1.807) is 0 Å². The summed E-state index contributed by atoms with van der Waals surface area (Å²) in [5, 5.41) is 10.1. The van der Waals surface area contributed by atoms with Gasteiger partial charge < -0.3 is 9.84 Å². The van der Waals surface area contributed by atoms with Crippen molar-refractivity contribution in [3.05, 3.63) is 29.3 Å². The standard InChI is InChI=1S/C14H18F2O2/c1-18-10-7-11(15)13(12(16)8-10)14(17)9-5-3-2-4-6-9/h7-9,14,17H,2-6H2,1H3. The topological polar surface area (TPSA) is 29.5 Å². The molecule has 1 aromatic carbocycles. The highest BCUT2D eigenvalue weighted by Crippen LogP contribution is 2.37. The predicted molar refractivity (Wildman–Crippen MR) is 64.4 cm³/mol. The Morgan fingerprint density at radius 1 is 1.17 bits per heavy atom. The highest BCUT2D eigenvalue weighted by Gasteiger charge is 2.28. The zero-order valence-corrected chi connectivity index (χ0v) is 10.5. The van der Waals surface area contributed by atoms with Gasteiger partial charge in [-0.3, -0.25) is 0 Å². The van der Waals surface area contributed by atoms with Gasteiger partial charge in [0.2, 0.25) is 0 Å². The molecule has 0 amide bonds. The van der Waals surface area contributed by atoms with Gasteiger partial charge >= 0.3 is 0 Å². The molecule has 1 fully saturated rings. The van der Waals surface area contributed by atoms with Crippen LogP contribution in [0.3, 0.4) is 0 Å². The van der Waals surface area contributed by atoms with Crippen LogP contribution in [0.2, 0.25) is 0 Å². The van der Waals surface area contributed by atoms with Gasteiger partial charge in [-0.1, -0.05) is 19.3 Å². The van der Waals surface area contributed by atoms with Crippen molar-refractivity contribution >= 4 is 0 Å². The van der Waals surface area contributed by atoms with Crippen LogP contribution >= 0.6 is 0 Å². The van der Waals surface area contributed by atoms with E-state index < -0.39 is 17.7 Å². The summed E-state index contributed by atoms with van der Waals surface area (Å²) in [6.45, 7) is 0. The van der Waals surface area contributed by atoms with E-state index in [-0.39, 0.29) is 17.2 Å². The summed E-state index contributed by atoms with van der Waals surface area (Å²) in [5.74, 6) is -1.38. The van der Waals surface area contributed by atoms with E-state index in [0.717, 1.165) is 44.2 Å². The minimum Gasteiger partial charge on any atom is -0.497 e. The maximum atomic E-state index is 13.8. The Balaban J connectivity index is 2.26. The van der Waals surface area contributed by atoms with Crippen LogP contribution in [0.1, 0.15) is 43.8 Å². The zero-order chi connectivity index (χ0) is 13.1. The van der Waals surface area contributed by atoms with Crippen molar-refractivity contribution in [2.75, 3.05) is 7.11 Å². The van der Waals surface area contributed by atoms with Crippen LogP contribution in [0.15, 0.2) is 12.1 Å². The van der Waals surface area contributed by atoms with Crippen molar-refractivity contribution in [3.8, 4) is 5.75 Å². The van der Waals surface area contributed by atoms with Gasteiger partial charge in [0.15, 0.2) is 0 Å². The van der Waals surface area contributed by atoms with Crippen LogP contribution < -0.4 is 4.74 Å². The fraction of sp³-hybridized carbons (Fsp3) is 0.571. The van der Waals surface area contributed by atoms with E-state index in [2.05, 4.69) is 0 Å². The van der Waals surface area contributed by atoms with Gasteiger partial charge in [-0.25, -0.2) is 8.78 Å². The first-order valence-corrected chi connectivity index (χ1v) is 6.34. The molecule has 18 heavy (non-hydrogen) atoms. The second-order valence-electron chi connectivity index (χ2n) is 4.85. The molecular weight excluding hydrogens is 238 g/mol. The number of aliphatic hydroxyl groups excluding tert-OH is 1. The smallest absolute Gasteiger partial charge is 0.135 e. The molecule has 2 nitrogen and oxygen atoms in total. The molecule has 4 heteroatoms. The van der Waals surface area contributed by atoms with Gasteiger partial charge in [-0.15, -0.1) is 0 Å². The SMILES string of the molecule is COc1cc(F)c(C(O)C2CCCCC2)c(F)c1. The molecule has 1 atom stereocenters. The summed E-state index contributed by atoms with van der Waals surface area (Å²) in [4.78, 5) is 0. The normalized spacial score (nSPS) is 18.7. The van der Waals surface area contributed by atoms with Crippen LogP contribution in [-0.2, 0) is 0 Å². The number of benzene rings is 1. The van der Waals surface area contributed by atoms with Gasteiger partial charge in [-0.2, -0.15) is 0 Å². The van der Waals surface area contributed by atoms with Gasteiger partial charge in [-0.05, 0) is 18.8 Å². The fourth-order valence-corrected chi connectivity index (χ4v) is 2.65. The summed E-state index contributed by atoms with van der Waals surface area (Å²) in [6, 6.07) is 2.23. The molecule has 100 valence electrons. The third kappa shape index (κ3) is 2.64. The largest absolute Gasteiger partial charge is 0.497 e. The van der Waals surface area contributed by atoms with Crippen LogP contribution in [0.4, 0.5) is 8.78 Å². The van der Waals surface area contributed by atoms with Crippen molar-refractivity contribution in [3.63, 3.8) is 0 Å². The molecule has 0 aromatic heterocycles. The van der Waals surface area contributed by atoms with Gasteiger partial charge in [0.05, 0.1) is 18.8 Å². The van der Waals surface area contributed by atoms with E-state index in [1.807, 2.05) is 0 Å². The molecule has 1 saturated carbocycles. The minimum atomic E-state index is -1.06. The molecule has 0 radical (unpaired) electrons. The van der Waals surface area contributed by atoms with E-state index in [1.165, 1.54) is 7.11 Å². The van der Waals surface area contributed by atoms with Crippen LogP contribution in [0.5, 0.6) is 5.75 Å². The number of methoxy groups -OCH3 is 1. The van der Waals surface area contributed by atoms with Crippen LogP contribution in [0.25, 0.3) is 0 Å². The lowest BCUT2D eigenvalue weighted by atomic mass is 9.82. The van der Waals surface area contributed by atoms with Crippen molar-refractivity contribution in [2.24, 2.45) is 5.92 Å². The van der Waals surface area contributed by atoms with E-state index >= 15 is 0 Å². The lowest BCUT2D eigenvalue weighted by Crippen LogP contribution is -2.18. The lowest BCUT2D eigenvalue weighted by molar-refractivity contribution is 0.0780. The first-order chi connectivity index (χ1) is 8.63. The molecule has 1 unspecified atom stereocenters. The summed E-state index contributed by atoms with van der Waals surface area (Å²) < 4.78 is 32.4. The number of hydrogen-bond acceptors (Lipinski definition) is 2. The molecule has 0 bridgehead atoms. The summed E-state index contributed by atoms with van der Waals surface area (Å²) >= 11 is 0. The number of aliphatic hydroxyl groups is 1. The Labute approximate surface area is 106 Å². The number of halogens is 2. The third-order valence-corrected chi connectivity index (χ3v) is 3.68. The molecule has 0 heterocycles. The van der Waals surface area contributed by atoms with Gasteiger partial charge in [0, 0.05) is 12.1 Å². The molecule has 1 aromatic rings. The maximum absolute atomic E-state index is 13.8. The molecule has 1 aliphatic rings. The van der Waals surface area contributed by atoms with Crippen LogP contribution in [0, 0.1) is 17.6 Å². The molecule has 0 saturated heterocycles. The zero-order valence-electron chi connectivity index (χ0n) is 10.5. The third-order valence-electron chi connectivity index (χ3n) is 3.68. The van der Waals surface area contributed by atoms with Crippen molar-refractivity contribution < 1.29 is 18.6 Å². The van der Waals surface area contributed by atoms with E-state index in [4.69, 9.17) is 4.74 Å². The Morgan fingerprint density at radius 2 is 1.72 bits per heavy atom. The number of hydrogen-bond donors (Lipinski definition) is 1. The molecular formula is C14H18F2O2. The Morgan fingerprint density at radius 3 is 2.22 bits per heavy atom. The van der Waals surface area contributed by atoms with Gasteiger partial charge in [0.1, 0.15) is 17.4 Å². The highest BCUT2D eigenvalue weighted by molar-refractivity contribution is 5.32. The molecule has 2 rings (SSSR count). The second kappa shape index (κ2) is 5.65. The van der Waals surface area contributed by atoms with Crippen molar-refractivity contribution in [2.45, 2.75) is 38.2 Å². The quantitative estimate of drug-likeness (QED) is 0.895.